The highest BCUT2D eigenvalue weighted by Crippen LogP contribution is 2.32. The summed E-state index contributed by atoms with van der Waals surface area (Å²) in [5.74, 6) is 0.955. The molecule has 0 bridgehead atoms. The van der Waals surface area contributed by atoms with Gasteiger partial charge in [0.25, 0.3) is 0 Å². The average molecular weight is 194 g/mol. The van der Waals surface area contributed by atoms with Crippen LogP contribution < -0.4 is 4.74 Å². The lowest BCUT2D eigenvalue weighted by atomic mass is 10.2. The van der Waals surface area contributed by atoms with Gasteiger partial charge in [-0.1, -0.05) is 10.3 Å². The lowest BCUT2D eigenvalue weighted by molar-refractivity contribution is 0.260. The number of hydrogen-bond acceptors (Lipinski definition) is 5. The number of ether oxygens (including phenoxy) is 1. The number of aromatic nitrogens is 2. The minimum Gasteiger partial charge on any atom is -0.467 e. The Hall–Kier alpha value is -1.78. The molecule has 0 aliphatic carbocycles. The maximum Gasteiger partial charge on any atom is 0.322 e. The van der Waals surface area contributed by atoms with E-state index in [9.17, 15) is 0 Å². The smallest absolute Gasteiger partial charge is 0.322 e. The quantitative estimate of drug-likeness (QED) is 0.731. The van der Waals surface area contributed by atoms with Gasteiger partial charge in [-0.25, -0.2) is 0 Å². The molecule has 0 unspecified atom stereocenters. The Morgan fingerprint density at radius 2 is 2.00 bits per heavy atom. The van der Waals surface area contributed by atoms with E-state index < -0.39 is 0 Å². The molecule has 14 heavy (non-hydrogen) atoms. The third kappa shape index (κ3) is 1.26. The standard InChI is InChI=1S/C9H10N2O3/c1-5-4-7(13-10-5)8-6(2)11-14-9(8)12-3/h4H,1-3H3. The van der Waals surface area contributed by atoms with Crippen LogP contribution in [0.3, 0.4) is 0 Å². The van der Waals surface area contributed by atoms with Gasteiger partial charge in [-0.15, -0.1) is 0 Å². The van der Waals surface area contributed by atoms with Gasteiger partial charge in [-0.2, -0.15) is 0 Å². The van der Waals surface area contributed by atoms with Crippen molar-refractivity contribution in [3.05, 3.63) is 17.5 Å². The average Bonchev–Trinajstić information content (AvgIpc) is 2.71. The molecule has 0 atom stereocenters. The van der Waals surface area contributed by atoms with Crippen LogP contribution >= 0.6 is 0 Å². The Labute approximate surface area is 80.6 Å². The molecule has 0 fully saturated rings. The molecule has 2 aromatic rings. The topological polar surface area (TPSA) is 61.3 Å². The van der Waals surface area contributed by atoms with Gasteiger partial charge >= 0.3 is 5.95 Å². The second-order valence-corrected chi connectivity index (χ2v) is 2.97. The van der Waals surface area contributed by atoms with Crippen LogP contribution in [0.2, 0.25) is 0 Å². The van der Waals surface area contributed by atoms with Crippen LogP contribution in [0.1, 0.15) is 11.4 Å². The summed E-state index contributed by atoms with van der Waals surface area (Å²) >= 11 is 0. The Morgan fingerprint density at radius 3 is 2.57 bits per heavy atom. The second kappa shape index (κ2) is 3.17. The molecule has 74 valence electrons. The largest absolute Gasteiger partial charge is 0.467 e. The summed E-state index contributed by atoms with van der Waals surface area (Å²) in [4.78, 5) is 0. The first-order valence-corrected chi connectivity index (χ1v) is 4.16. The molecule has 2 heterocycles. The zero-order chi connectivity index (χ0) is 10.1. The molecule has 5 heteroatoms. The fraction of sp³-hybridized carbons (Fsp3) is 0.333. The maximum atomic E-state index is 5.10. The Balaban J connectivity index is 2.54. The molecular weight excluding hydrogens is 184 g/mol. The lowest BCUT2D eigenvalue weighted by Crippen LogP contribution is -1.83. The molecule has 0 saturated heterocycles. The van der Waals surface area contributed by atoms with Gasteiger partial charge < -0.3 is 13.8 Å². The van der Waals surface area contributed by atoms with Gasteiger partial charge in [0.05, 0.1) is 18.5 Å². The highest BCUT2D eigenvalue weighted by Gasteiger charge is 2.19. The summed E-state index contributed by atoms with van der Waals surface area (Å²) in [7, 11) is 1.52. The third-order valence-electron chi connectivity index (χ3n) is 1.89. The van der Waals surface area contributed by atoms with Gasteiger partial charge in [0.1, 0.15) is 5.56 Å². The molecular formula is C9H10N2O3. The van der Waals surface area contributed by atoms with Crippen molar-refractivity contribution < 1.29 is 13.8 Å². The minimum absolute atomic E-state index is 0.346. The van der Waals surface area contributed by atoms with Crippen molar-refractivity contribution in [2.24, 2.45) is 0 Å². The molecule has 0 amide bonds. The van der Waals surface area contributed by atoms with E-state index >= 15 is 0 Å². The Morgan fingerprint density at radius 1 is 1.21 bits per heavy atom. The van der Waals surface area contributed by atoms with Crippen LogP contribution in [0.25, 0.3) is 11.3 Å². The summed E-state index contributed by atoms with van der Waals surface area (Å²) < 4.78 is 15.1. The van der Waals surface area contributed by atoms with E-state index in [4.69, 9.17) is 13.8 Å². The summed E-state index contributed by atoms with van der Waals surface area (Å²) in [5.41, 5.74) is 2.24. The highest BCUT2D eigenvalue weighted by molar-refractivity contribution is 5.65. The normalized spacial score (nSPS) is 10.5. The molecule has 0 aliphatic heterocycles. The van der Waals surface area contributed by atoms with E-state index in [1.165, 1.54) is 7.11 Å². The second-order valence-electron chi connectivity index (χ2n) is 2.97. The SMILES string of the molecule is COc1onc(C)c1-c1cc(C)no1. The van der Waals surface area contributed by atoms with Crippen molar-refractivity contribution in [3.63, 3.8) is 0 Å². The van der Waals surface area contributed by atoms with Crippen molar-refractivity contribution in [3.8, 4) is 17.3 Å². The number of hydrogen-bond donors (Lipinski definition) is 0. The van der Waals surface area contributed by atoms with Crippen LogP contribution in [0.5, 0.6) is 5.95 Å². The van der Waals surface area contributed by atoms with Gasteiger partial charge in [-0.05, 0) is 13.8 Å². The molecule has 0 spiro atoms. The number of aryl methyl sites for hydroxylation is 2. The van der Waals surface area contributed by atoms with Crippen LogP contribution in [-0.2, 0) is 0 Å². The number of rotatable bonds is 2. The fourth-order valence-electron chi connectivity index (χ4n) is 1.25. The van der Waals surface area contributed by atoms with Crippen LogP contribution in [-0.4, -0.2) is 17.4 Å². The van der Waals surface area contributed by atoms with Crippen molar-refractivity contribution in [2.75, 3.05) is 7.11 Å². The van der Waals surface area contributed by atoms with Crippen molar-refractivity contribution in [1.82, 2.24) is 10.3 Å². The van der Waals surface area contributed by atoms with E-state index in [0.717, 1.165) is 11.4 Å². The maximum absolute atomic E-state index is 5.10. The van der Waals surface area contributed by atoms with E-state index in [2.05, 4.69) is 10.3 Å². The van der Waals surface area contributed by atoms with E-state index in [-0.39, 0.29) is 0 Å². The first-order chi connectivity index (χ1) is 6.72. The molecule has 0 saturated carbocycles. The zero-order valence-corrected chi connectivity index (χ0v) is 8.20. The van der Waals surface area contributed by atoms with Gasteiger partial charge in [0, 0.05) is 6.07 Å². The molecule has 2 aromatic heterocycles. The van der Waals surface area contributed by atoms with Crippen molar-refractivity contribution >= 4 is 0 Å². The molecule has 0 aromatic carbocycles. The lowest BCUT2D eigenvalue weighted by Gasteiger charge is -1.94. The monoisotopic (exact) mass is 194 g/mol. The summed E-state index contributed by atoms with van der Waals surface area (Å²) in [5, 5.41) is 7.57. The van der Waals surface area contributed by atoms with Crippen LogP contribution in [0, 0.1) is 13.8 Å². The Kier molecular flexibility index (Phi) is 1.99. The predicted octanol–water partition coefficient (Wildman–Crippen LogP) is 1.96. The number of nitrogens with zero attached hydrogens (tertiary/aromatic N) is 2. The molecule has 0 radical (unpaired) electrons. The minimum atomic E-state index is 0.346. The van der Waals surface area contributed by atoms with E-state index in [1.807, 2.05) is 19.9 Å². The summed E-state index contributed by atoms with van der Waals surface area (Å²) in [6.45, 7) is 3.67. The molecule has 0 aliphatic rings. The predicted molar refractivity (Wildman–Crippen MR) is 48.0 cm³/mol. The van der Waals surface area contributed by atoms with Crippen molar-refractivity contribution in [1.29, 1.82) is 0 Å². The van der Waals surface area contributed by atoms with Crippen LogP contribution in [0.4, 0.5) is 0 Å². The first kappa shape index (κ1) is 8.80. The molecule has 5 nitrogen and oxygen atoms in total. The van der Waals surface area contributed by atoms with Gasteiger partial charge in [0.15, 0.2) is 5.76 Å². The van der Waals surface area contributed by atoms with E-state index in [1.54, 1.807) is 0 Å². The van der Waals surface area contributed by atoms with Gasteiger partial charge in [-0.3, -0.25) is 0 Å². The molecule has 0 N–H and O–H groups in total. The van der Waals surface area contributed by atoms with Crippen molar-refractivity contribution in [2.45, 2.75) is 13.8 Å². The zero-order valence-electron chi connectivity index (χ0n) is 8.20. The summed E-state index contributed by atoms with van der Waals surface area (Å²) in [6, 6.07) is 1.81. The third-order valence-corrected chi connectivity index (χ3v) is 1.89. The van der Waals surface area contributed by atoms with Gasteiger partial charge in [0.2, 0.25) is 0 Å². The molecule has 2 rings (SSSR count). The fourth-order valence-corrected chi connectivity index (χ4v) is 1.25. The first-order valence-electron chi connectivity index (χ1n) is 4.16. The van der Waals surface area contributed by atoms with E-state index in [0.29, 0.717) is 17.3 Å². The number of methoxy groups -OCH3 is 1. The Bertz CT molecular complexity index is 445. The van der Waals surface area contributed by atoms with Crippen LogP contribution in [0.15, 0.2) is 15.1 Å². The summed E-state index contributed by atoms with van der Waals surface area (Å²) in [6.07, 6.45) is 0. The highest BCUT2D eigenvalue weighted by atomic mass is 16.6.